The van der Waals surface area contributed by atoms with Crippen molar-refractivity contribution >= 4 is 33.1 Å². The predicted molar refractivity (Wildman–Crippen MR) is 91.3 cm³/mol. The highest BCUT2D eigenvalue weighted by Gasteiger charge is 2.24. The molecule has 5 nitrogen and oxygen atoms in total. The quantitative estimate of drug-likeness (QED) is 0.690. The number of amides is 1. The molecule has 0 saturated carbocycles. The van der Waals surface area contributed by atoms with E-state index in [0.29, 0.717) is 20.7 Å². The highest BCUT2D eigenvalue weighted by atomic mass is 32.1. The third-order valence-electron chi connectivity index (χ3n) is 4.45. The first-order valence-corrected chi connectivity index (χ1v) is 8.68. The van der Waals surface area contributed by atoms with E-state index < -0.39 is 0 Å². The van der Waals surface area contributed by atoms with E-state index in [0.717, 1.165) is 31.5 Å². The van der Waals surface area contributed by atoms with Crippen LogP contribution in [-0.4, -0.2) is 33.3 Å². The van der Waals surface area contributed by atoms with Crippen LogP contribution in [0.1, 0.15) is 34.5 Å². The lowest BCUT2D eigenvalue weighted by Crippen LogP contribution is -2.35. The molecule has 0 unspecified atom stereocenters. The summed E-state index contributed by atoms with van der Waals surface area (Å²) in [6.07, 6.45) is 5.01. The molecular weight excluding hydrogens is 310 g/mol. The Morgan fingerprint density at radius 3 is 2.78 bits per heavy atom. The maximum Gasteiger partial charge on any atom is 0.266 e. The molecule has 1 saturated heterocycles. The Kier molecular flexibility index (Phi) is 3.41. The normalized spacial score (nSPS) is 15.4. The largest absolute Gasteiger partial charge is 0.338 e. The van der Waals surface area contributed by atoms with E-state index in [-0.39, 0.29) is 11.5 Å². The first kappa shape index (κ1) is 14.4. The van der Waals surface area contributed by atoms with Gasteiger partial charge in [-0.25, -0.2) is 4.98 Å². The molecule has 3 aromatic rings. The second-order valence-electron chi connectivity index (χ2n) is 5.93. The van der Waals surface area contributed by atoms with Gasteiger partial charge in [0.15, 0.2) is 0 Å². The molecule has 1 amide bonds. The minimum Gasteiger partial charge on any atom is -0.338 e. The van der Waals surface area contributed by atoms with E-state index in [9.17, 15) is 9.59 Å². The van der Waals surface area contributed by atoms with Crippen LogP contribution in [0.3, 0.4) is 0 Å². The summed E-state index contributed by atoms with van der Waals surface area (Å²) >= 11 is 1.34. The highest BCUT2D eigenvalue weighted by molar-refractivity contribution is 7.20. The molecule has 1 fully saturated rings. The summed E-state index contributed by atoms with van der Waals surface area (Å²) in [5.41, 5.74) is 1.27. The zero-order chi connectivity index (χ0) is 16.0. The number of carbonyl (C=O) groups is 1. The Morgan fingerprint density at radius 1 is 1.22 bits per heavy atom. The van der Waals surface area contributed by atoms with Crippen LogP contribution in [0, 0.1) is 6.92 Å². The van der Waals surface area contributed by atoms with Crippen molar-refractivity contribution < 1.29 is 4.79 Å². The van der Waals surface area contributed by atoms with Crippen LogP contribution in [0.15, 0.2) is 29.2 Å². The SMILES string of the molecule is Cc1c(C(=O)N2CCCCC2)sc2nc3ccccn3c(=O)c12. The number of hydrogen-bond donors (Lipinski definition) is 0. The van der Waals surface area contributed by atoms with E-state index in [2.05, 4.69) is 4.98 Å². The molecule has 6 heteroatoms. The molecule has 0 N–H and O–H groups in total. The average molecular weight is 327 g/mol. The summed E-state index contributed by atoms with van der Waals surface area (Å²) in [5.74, 6) is 0.0404. The Morgan fingerprint density at radius 2 is 2.00 bits per heavy atom. The van der Waals surface area contributed by atoms with E-state index in [1.807, 2.05) is 30.0 Å². The van der Waals surface area contributed by atoms with Crippen molar-refractivity contribution in [1.29, 1.82) is 0 Å². The number of thiophene rings is 1. The van der Waals surface area contributed by atoms with Crippen molar-refractivity contribution in [3.8, 4) is 0 Å². The van der Waals surface area contributed by atoms with E-state index in [1.165, 1.54) is 22.2 Å². The molecule has 0 atom stereocenters. The van der Waals surface area contributed by atoms with Gasteiger partial charge in [-0.2, -0.15) is 0 Å². The van der Waals surface area contributed by atoms with Crippen molar-refractivity contribution in [3.63, 3.8) is 0 Å². The van der Waals surface area contributed by atoms with Crippen molar-refractivity contribution in [2.45, 2.75) is 26.2 Å². The fourth-order valence-electron chi connectivity index (χ4n) is 3.19. The number of hydrogen-bond acceptors (Lipinski definition) is 4. The Balaban J connectivity index is 1.90. The topological polar surface area (TPSA) is 54.7 Å². The Bertz CT molecular complexity index is 967. The van der Waals surface area contributed by atoms with Crippen LogP contribution in [0.4, 0.5) is 0 Å². The Labute approximate surface area is 137 Å². The van der Waals surface area contributed by atoms with Gasteiger partial charge in [0.2, 0.25) is 0 Å². The molecule has 0 radical (unpaired) electrons. The van der Waals surface area contributed by atoms with Crippen molar-refractivity contribution in [2.75, 3.05) is 13.1 Å². The molecule has 4 rings (SSSR count). The molecule has 0 spiro atoms. The van der Waals surface area contributed by atoms with Crippen molar-refractivity contribution in [3.05, 3.63) is 45.2 Å². The first-order valence-electron chi connectivity index (χ1n) is 7.86. The number of fused-ring (bicyclic) bond motifs is 2. The number of piperidine rings is 1. The minimum absolute atomic E-state index is 0.0404. The lowest BCUT2D eigenvalue weighted by molar-refractivity contribution is 0.0728. The van der Waals surface area contributed by atoms with Crippen molar-refractivity contribution in [1.82, 2.24) is 14.3 Å². The van der Waals surface area contributed by atoms with E-state index >= 15 is 0 Å². The lowest BCUT2D eigenvalue weighted by atomic mass is 10.1. The molecule has 3 aromatic heterocycles. The number of pyridine rings is 1. The number of carbonyl (C=O) groups excluding carboxylic acids is 1. The highest BCUT2D eigenvalue weighted by Crippen LogP contribution is 2.29. The van der Waals surface area contributed by atoms with Crippen LogP contribution < -0.4 is 5.56 Å². The molecule has 0 bridgehead atoms. The summed E-state index contributed by atoms with van der Waals surface area (Å²) in [7, 11) is 0. The molecule has 4 heterocycles. The summed E-state index contributed by atoms with van der Waals surface area (Å²) in [5, 5.41) is 0.569. The standard InChI is InChI=1S/C17H17N3O2S/c1-11-13-15(18-12-7-3-6-10-20(12)16(13)21)23-14(11)17(22)19-8-4-2-5-9-19/h3,6-7,10H,2,4-5,8-9H2,1H3. The van der Waals surface area contributed by atoms with Crippen LogP contribution in [0.2, 0.25) is 0 Å². The average Bonchev–Trinajstić information content (AvgIpc) is 2.92. The zero-order valence-corrected chi connectivity index (χ0v) is 13.7. The zero-order valence-electron chi connectivity index (χ0n) is 12.9. The lowest BCUT2D eigenvalue weighted by Gasteiger charge is -2.26. The number of aryl methyl sites for hydroxylation is 1. The first-order chi connectivity index (χ1) is 11.2. The van der Waals surface area contributed by atoms with Gasteiger partial charge >= 0.3 is 0 Å². The monoisotopic (exact) mass is 327 g/mol. The second-order valence-corrected chi connectivity index (χ2v) is 6.93. The van der Waals surface area contributed by atoms with E-state index in [4.69, 9.17) is 0 Å². The maximum absolute atomic E-state index is 12.8. The second kappa shape index (κ2) is 5.45. The summed E-state index contributed by atoms with van der Waals surface area (Å²) < 4.78 is 1.54. The van der Waals surface area contributed by atoms with Gasteiger partial charge in [-0.3, -0.25) is 14.0 Å². The maximum atomic E-state index is 12.8. The third-order valence-corrected chi connectivity index (χ3v) is 5.63. The number of aromatic nitrogens is 2. The van der Waals surface area contributed by atoms with Gasteiger partial charge in [0.25, 0.3) is 11.5 Å². The Hall–Kier alpha value is -2.21. The number of rotatable bonds is 1. The fraction of sp³-hybridized carbons (Fsp3) is 0.353. The third kappa shape index (κ3) is 2.25. The molecule has 23 heavy (non-hydrogen) atoms. The summed E-state index contributed by atoms with van der Waals surface area (Å²) in [6.45, 7) is 3.47. The van der Waals surface area contributed by atoms with Crippen LogP contribution >= 0.6 is 11.3 Å². The predicted octanol–water partition coefficient (Wildman–Crippen LogP) is 2.84. The smallest absolute Gasteiger partial charge is 0.266 e. The molecule has 1 aliphatic rings. The van der Waals surface area contributed by atoms with Gasteiger partial charge in [-0.15, -0.1) is 11.3 Å². The van der Waals surface area contributed by atoms with Crippen molar-refractivity contribution in [2.24, 2.45) is 0 Å². The van der Waals surface area contributed by atoms with Crippen LogP contribution in [-0.2, 0) is 0 Å². The van der Waals surface area contributed by atoms with Gasteiger partial charge in [-0.05, 0) is 43.9 Å². The summed E-state index contributed by atoms with van der Waals surface area (Å²) in [4.78, 5) is 33.3. The van der Waals surface area contributed by atoms with Crippen LogP contribution in [0.5, 0.6) is 0 Å². The summed E-state index contributed by atoms with van der Waals surface area (Å²) in [6, 6.07) is 5.47. The fourth-order valence-corrected chi connectivity index (χ4v) is 4.34. The van der Waals surface area contributed by atoms with Gasteiger partial charge < -0.3 is 4.90 Å². The van der Waals surface area contributed by atoms with E-state index in [1.54, 1.807) is 6.20 Å². The molecule has 0 aromatic carbocycles. The van der Waals surface area contributed by atoms with Crippen LogP contribution in [0.25, 0.3) is 15.9 Å². The van der Waals surface area contributed by atoms with Gasteiger partial charge in [0.1, 0.15) is 10.5 Å². The number of nitrogens with zero attached hydrogens (tertiary/aromatic N) is 3. The minimum atomic E-state index is -0.1000. The molecule has 0 aliphatic carbocycles. The molecule has 118 valence electrons. The van der Waals surface area contributed by atoms with Gasteiger partial charge in [-0.1, -0.05) is 6.07 Å². The van der Waals surface area contributed by atoms with Gasteiger partial charge in [0.05, 0.1) is 10.3 Å². The molecule has 1 aliphatic heterocycles. The number of likely N-dealkylation sites (tertiary alicyclic amines) is 1. The molecular formula is C17H17N3O2S. The van der Waals surface area contributed by atoms with Gasteiger partial charge in [0, 0.05) is 19.3 Å².